The monoisotopic (exact) mass is 262 g/mol. The predicted octanol–water partition coefficient (Wildman–Crippen LogP) is 2.17. The van der Waals surface area contributed by atoms with Crippen LogP contribution in [0.3, 0.4) is 0 Å². The number of benzene rings is 1. The van der Waals surface area contributed by atoms with Gasteiger partial charge in [0.2, 0.25) is 0 Å². The fourth-order valence-corrected chi connectivity index (χ4v) is 1.86. The Morgan fingerprint density at radius 3 is 2.43 bits per heavy atom. The molecule has 0 aliphatic carbocycles. The molecule has 1 nitrogen and oxygen atoms in total. The molecule has 1 radical (unpaired) electrons. The van der Waals surface area contributed by atoms with Crippen LogP contribution >= 0.6 is 0 Å². The molecule has 1 aliphatic heterocycles. The fourth-order valence-electron chi connectivity index (χ4n) is 1.86. The molecule has 2 rings (SSSR count). The number of piperidine rings is 1. The Morgan fingerprint density at radius 2 is 1.79 bits per heavy atom. The Kier molecular flexibility index (Phi) is 5.01. The van der Waals surface area contributed by atoms with Crippen LogP contribution in [0.15, 0.2) is 24.3 Å². The first-order chi connectivity index (χ1) is 6.38. The Bertz CT molecular complexity index is 279. The van der Waals surface area contributed by atoms with Crippen molar-refractivity contribution in [2.75, 3.05) is 13.1 Å². The van der Waals surface area contributed by atoms with E-state index in [2.05, 4.69) is 30.4 Å². The summed E-state index contributed by atoms with van der Waals surface area (Å²) >= 11 is 0. The molecular formula is C12H15NY-2. The van der Waals surface area contributed by atoms with Crippen molar-refractivity contribution >= 4 is 0 Å². The van der Waals surface area contributed by atoms with Gasteiger partial charge in [-0.05, 0) is 13.1 Å². The second kappa shape index (κ2) is 5.80. The Balaban J connectivity index is 0.000000980. The normalized spacial score (nSPS) is 16.1. The number of hydrogen-bond donors (Lipinski definition) is 1. The summed E-state index contributed by atoms with van der Waals surface area (Å²) in [7, 11) is 0. The summed E-state index contributed by atoms with van der Waals surface area (Å²) in [5, 5.41) is 3.36. The van der Waals surface area contributed by atoms with Gasteiger partial charge in [0.15, 0.2) is 0 Å². The van der Waals surface area contributed by atoms with Crippen molar-refractivity contribution in [2.45, 2.75) is 12.8 Å². The first kappa shape index (κ1) is 12.1. The van der Waals surface area contributed by atoms with Crippen molar-refractivity contribution in [3.05, 3.63) is 48.2 Å². The fraction of sp³-hybridized carbons (Fsp3) is 0.333. The van der Waals surface area contributed by atoms with E-state index in [1.54, 1.807) is 5.92 Å². The van der Waals surface area contributed by atoms with Crippen molar-refractivity contribution in [3.63, 3.8) is 0 Å². The quantitative estimate of drug-likeness (QED) is 0.765. The van der Waals surface area contributed by atoms with Crippen molar-refractivity contribution < 1.29 is 32.7 Å². The summed E-state index contributed by atoms with van der Waals surface area (Å²) in [5.74, 6) is 1.56. The first-order valence-electron chi connectivity index (χ1n) is 4.85. The topological polar surface area (TPSA) is 12.0 Å². The SMILES string of the molecule is [CH2-]c1ccccc1[C-]1CCNCC1.[Y]. The van der Waals surface area contributed by atoms with Crippen LogP contribution < -0.4 is 5.32 Å². The molecule has 0 spiro atoms. The van der Waals surface area contributed by atoms with E-state index < -0.39 is 0 Å². The van der Waals surface area contributed by atoms with Gasteiger partial charge in [-0.15, -0.1) is 12.1 Å². The van der Waals surface area contributed by atoms with Crippen LogP contribution in [-0.2, 0) is 32.7 Å². The molecule has 1 aliphatic rings. The third-order valence-electron chi connectivity index (χ3n) is 2.61. The summed E-state index contributed by atoms with van der Waals surface area (Å²) in [6.07, 6.45) is 2.35. The van der Waals surface area contributed by atoms with E-state index in [1.165, 1.54) is 24.0 Å². The first-order valence-corrected chi connectivity index (χ1v) is 4.85. The zero-order valence-electron chi connectivity index (χ0n) is 8.42. The van der Waals surface area contributed by atoms with Gasteiger partial charge in [0.1, 0.15) is 0 Å². The van der Waals surface area contributed by atoms with E-state index in [0.717, 1.165) is 13.1 Å². The zero-order chi connectivity index (χ0) is 9.10. The standard InChI is InChI=1S/C12H15N.Y/c1-10-4-2-3-5-12(10)11-6-8-13-9-7-11;/h2-5,13H,1,6-9H2;/q-2;. The van der Waals surface area contributed by atoms with Crippen LogP contribution in [0.2, 0.25) is 0 Å². The van der Waals surface area contributed by atoms with E-state index in [4.69, 9.17) is 0 Å². The second-order valence-corrected chi connectivity index (χ2v) is 3.51. The van der Waals surface area contributed by atoms with Crippen LogP contribution in [-0.4, -0.2) is 13.1 Å². The molecule has 2 heteroatoms. The van der Waals surface area contributed by atoms with E-state index in [0.29, 0.717) is 0 Å². The van der Waals surface area contributed by atoms with Crippen molar-refractivity contribution in [1.82, 2.24) is 5.32 Å². The maximum atomic E-state index is 4.05. The molecule has 0 atom stereocenters. The Labute approximate surface area is 112 Å². The van der Waals surface area contributed by atoms with E-state index in [9.17, 15) is 0 Å². The summed E-state index contributed by atoms with van der Waals surface area (Å²) in [5.41, 5.74) is 2.53. The zero-order valence-corrected chi connectivity index (χ0v) is 11.3. The molecular weight excluding hydrogens is 247 g/mol. The summed E-state index contributed by atoms with van der Waals surface area (Å²) in [6.45, 7) is 6.28. The van der Waals surface area contributed by atoms with Gasteiger partial charge in [0.05, 0.1) is 0 Å². The van der Waals surface area contributed by atoms with Crippen molar-refractivity contribution in [3.8, 4) is 0 Å². The summed E-state index contributed by atoms with van der Waals surface area (Å²) < 4.78 is 0. The van der Waals surface area contributed by atoms with Crippen LogP contribution in [0.4, 0.5) is 0 Å². The minimum atomic E-state index is 0. The van der Waals surface area contributed by atoms with Gasteiger partial charge in [-0.3, -0.25) is 18.1 Å². The van der Waals surface area contributed by atoms with E-state index in [-0.39, 0.29) is 32.7 Å². The van der Waals surface area contributed by atoms with Gasteiger partial charge in [0.25, 0.3) is 0 Å². The van der Waals surface area contributed by atoms with Gasteiger partial charge >= 0.3 is 0 Å². The van der Waals surface area contributed by atoms with Crippen LogP contribution in [0, 0.1) is 12.8 Å². The summed E-state index contributed by atoms with van der Waals surface area (Å²) in [4.78, 5) is 0. The van der Waals surface area contributed by atoms with Gasteiger partial charge in [-0.1, -0.05) is 12.8 Å². The van der Waals surface area contributed by atoms with Gasteiger partial charge in [-0.25, -0.2) is 18.1 Å². The molecule has 0 saturated carbocycles. The van der Waals surface area contributed by atoms with Crippen LogP contribution in [0.5, 0.6) is 0 Å². The smallest absolute Gasteiger partial charge is 0 e. The van der Waals surface area contributed by atoms with Crippen LogP contribution in [0.1, 0.15) is 24.0 Å². The second-order valence-electron chi connectivity index (χ2n) is 3.51. The molecule has 0 unspecified atom stereocenters. The number of nitrogens with one attached hydrogen (secondary N) is 1. The van der Waals surface area contributed by atoms with E-state index in [1.807, 2.05) is 6.07 Å². The maximum Gasteiger partial charge on any atom is 0 e. The van der Waals surface area contributed by atoms with Crippen LogP contribution in [0.25, 0.3) is 0 Å². The minimum Gasteiger partial charge on any atom is -0.318 e. The molecule has 0 amide bonds. The third kappa shape index (κ3) is 2.76. The molecule has 1 aromatic carbocycles. The molecule has 1 fully saturated rings. The summed E-state index contributed by atoms with van der Waals surface area (Å²) in [6, 6.07) is 8.42. The third-order valence-corrected chi connectivity index (χ3v) is 2.61. The average molecular weight is 262 g/mol. The van der Waals surface area contributed by atoms with Crippen molar-refractivity contribution in [2.24, 2.45) is 0 Å². The van der Waals surface area contributed by atoms with Gasteiger partial charge in [0, 0.05) is 32.7 Å². The molecule has 0 aromatic heterocycles. The molecule has 0 bridgehead atoms. The minimum absolute atomic E-state index is 0. The predicted molar refractivity (Wildman–Crippen MR) is 55.3 cm³/mol. The largest absolute Gasteiger partial charge is 0.318 e. The molecule has 1 N–H and O–H groups in total. The maximum absolute atomic E-state index is 4.05. The Morgan fingerprint density at radius 1 is 1.14 bits per heavy atom. The molecule has 73 valence electrons. The molecule has 14 heavy (non-hydrogen) atoms. The molecule has 1 saturated heterocycles. The van der Waals surface area contributed by atoms with Crippen molar-refractivity contribution in [1.29, 1.82) is 0 Å². The molecule has 1 aromatic rings. The average Bonchev–Trinajstić information content (AvgIpc) is 2.20. The number of rotatable bonds is 1. The van der Waals surface area contributed by atoms with E-state index >= 15 is 0 Å². The molecule has 1 heterocycles. The Hall–Kier alpha value is 0.0239. The van der Waals surface area contributed by atoms with Gasteiger partial charge in [-0.2, -0.15) is 0 Å². The number of hydrogen-bond acceptors (Lipinski definition) is 1. The van der Waals surface area contributed by atoms with Gasteiger partial charge < -0.3 is 5.32 Å².